The van der Waals surface area contributed by atoms with Crippen LogP contribution >= 0.6 is 0 Å². The van der Waals surface area contributed by atoms with Crippen molar-refractivity contribution in [2.24, 2.45) is 7.05 Å². The Balaban J connectivity index is 1.87. The van der Waals surface area contributed by atoms with Crippen molar-refractivity contribution in [1.29, 1.82) is 0 Å². The molecule has 0 radical (unpaired) electrons. The standard InChI is InChI=1S/C17H24N4O2/c1-5-23-9-13-7-21(8-15-16(13)20(4)10-18-15)17(22)14-6-11(2)19-12(14)3/h6,10,13,19H,5,7-9H2,1-4H3. The summed E-state index contributed by atoms with van der Waals surface area (Å²) >= 11 is 0. The van der Waals surface area contributed by atoms with Crippen LogP contribution in [0.1, 0.15) is 46.0 Å². The lowest BCUT2D eigenvalue weighted by Gasteiger charge is -2.32. The fourth-order valence-electron chi connectivity index (χ4n) is 3.39. The van der Waals surface area contributed by atoms with Crippen LogP contribution in [0.15, 0.2) is 12.4 Å². The summed E-state index contributed by atoms with van der Waals surface area (Å²) in [6, 6.07) is 1.92. The highest BCUT2D eigenvalue weighted by atomic mass is 16.5. The molecular weight excluding hydrogens is 292 g/mol. The van der Waals surface area contributed by atoms with E-state index in [1.807, 2.05) is 49.7 Å². The number of amides is 1. The summed E-state index contributed by atoms with van der Waals surface area (Å²) in [6.07, 6.45) is 1.82. The maximum Gasteiger partial charge on any atom is 0.256 e. The minimum atomic E-state index is 0.0599. The molecule has 0 saturated carbocycles. The first-order chi connectivity index (χ1) is 11.0. The molecule has 23 heavy (non-hydrogen) atoms. The third-order valence-corrected chi connectivity index (χ3v) is 4.42. The van der Waals surface area contributed by atoms with Gasteiger partial charge < -0.3 is 19.2 Å². The van der Waals surface area contributed by atoms with E-state index in [1.165, 1.54) is 5.69 Å². The summed E-state index contributed by atoms with van der Waals surface area (Å²) in [5.41, 5.74) is 4.83. The number of fused-ring (bicyclic) bond motifs is 1. The molecule has 0 bridgehead atoms. The second-order valence-electron chi connectivity index (χ2n) is 6.22. The van der Waals surface area contributed by atoms with E-state index in [1.54, 1.807) is 0 Å². The summed E-state index contributed by atoms with van der Waals surface area (Å²) in [7, 11) is 2.00. The number of nitrogens with zero attached hydrogens (tertiary/aromatic N) is 3. The Morgan fingerprint density at radius 1 is 1.48 bits per heavy atom. The van der Waals surface area contributed by atoms with Gasteiger partial charge in [-0.3, -0.25) is 4.79 Å². The molecule has 2 aromatic heterocycles. The lowest BCUT2D eigenvalue weighted by atomic mass is 9.98. The van der Waals surface area contributed by atoms with Crippen LogP contribution in [0.4, 0.5) is 0 Å². The number of imidazole rings is 1. The molecule has 0 aliphatic carbocycles. The summed E-state index contributed by atoms with van der Waals surface area (Å²) < 4.78 is 7.68. The zero-order chi connectivity index (χ0) is 16.6. The number of carbonyl (C=O) groups is 1. The second-order valence-corrected chi connectivity index (χ2v) is 6.22. The fourth-order valence-corrected chi connectivity index (χ4v) is 3.39. The molecule has 0 spiro atoms. The molecule has 0 saturated heterocycles. The van der Waals surface area contributed by atoms with Gasteiger partial charge >= 0.3 is 0 Å². The zero-order valence-corrected chi connectivity index (χ0v) is 14.2. The van der Waals surface area contributed by atoms with Gasteiger partial charge in [0.25, 0.3) is 5.91 Å². The van der Waals surface area contributed by atoms with Crippen molar-refractivity contribution in [3.05, 3.63) is 40.7 Å². The zero-order valence-electron chi connectivity index (χ0n) is 14.2. The van der Waals surface area contributed by atoms with E-state index in [-0.39, 0.29) is 11.8 Å². The van der Waals surface area contributed by atoms with E-state index in [0.717, 1.165) is 22.6 Å². The first-order valence-corrected chi connectivity index (χ1v) is 8.04. The summed E-state index contributed by atoms with van der Waals surface area (Å²) in [5.74, 6) is 0.222. The Morgan fingerprint density at radius 2 is 2.26 bits per heavy atom. The first-order valence-electron chi connectivity index (χ1n) is 8.04. The number of hydrogen-bond donors (Lipinski definition) is 1. The smallest absolute Gasteiger partial charge is 0.256 e. The normalized spacial score (nSPS) is 17.4. The van der Waals surface area contributed by atoms with Gasteiger partial charge in [0.1, 0.15) is 0 Å². The van der Waals surface area contributed by atoms with Crippen LogP contribution in [0, 0.1) is 13.8 Å². The molecule has 1 amide bonds. The number of rotatable bonds is 4. The van der Waals surface area contributed by atoms with Gasteiger partial charge in [-0.05, 0) is 26.8 Å². The van der Waals surface area contributed by atoms with Crippen molar-refractivity contribution in [3.8, 4) is 0 Å². The number of aromatic nitrogens is 3. The first kappa shape index (κ1) is 15.8. The van der Waals surface area contributed by atoms with Gasteiger partial charge in [-0.1, -0.05) is 0 Å². The Labute approximate surface area is 136 Å². The fraction of sp³-hybridized carbons (Fsp3) is 0.529. The van der Waals surface area contributed by atoms with Crippen LogP contribution in [0.5, 0.6) is 0 Å². The van der Waals surface area contributed by atoms with Gasteiger partial charge in [0.15, 0.2) is 0 Å². The molecule has 2 aromatic rings. The summed E-state index contributed by atoms with van der Waals surface area (Å²) in [6.45, 7) is 8.40. The lowest BCUT2D eigenvalue weighted by Crippen LogP contribution is -2.40. The van der Waals surface area contributed by atoms with Gasteiger partial charge in [-0.15, -0.1) is 0 Å². The van der Waals surface area contributed by atoms with Crippen LogP contribution in [-0.2, 0) is 18.3 Å². The molecule has 6 heteroatoms. The molecule has 0 fully saturated rings. The number of nitrogens with one attached hydrogen (secondary N) is 1. The van der Waals surface area contributed by atoms with Gasteiger partial charge in [0, 0.05) is 43.2 Å². The molecule has 6 nitrogen and oxygen atoms in total. The molecule has 3 heterocycles. The monoisotopic (exact) mass is 316 g/mol. The van der Waals surface area contributed by atoms with Crippen LogP contribution in [0.25, 0.3) is 0 Å². The Bertz CT molecular complexity index is 716. The van der Waals surface area contributed by atoms with Gasteiger partial charge in [-0.2, -0.15) is 0 Å². The predicted molar refractivity (Wildman–Crippen MR) is 87.4 cm³/mol. The van der Waals surface area contributed by atoms with E-state index < -0.39 is 0 Å². The molecule has 0 aromatic carbocycles. The molecule has 1 N–H and O–H groups in total. The Morgan fingerprint density at radius 3 is 2.91 bits per heavy atom. The second kappa shape index (κ2) is 6.20. The Kier molecular flexibility index (Phi) is 4.26. The predicted octanol–water partition coefficient (Wildman–Crippen LogP) is 2.14. The van der Waals surface area contributed by atoms with Crippen molar-refractivity contribution in [2.45, 2.75) is 33.2 Å². The van der Waals surface area contributed by atoms with Crippen molar-refractivity contribution < 1.29 is 9.53 Å². The van der Waals surface area contributed by atoms with Crippen LogP contribution < -0.4 is 0 Å². The Hall–Kier alpha value is -2.08. The highest BCUT2D eigenvalue weighted by Gasteiger charge is 2.32. The number of hydrogen-bond acceptors (Lipinski definition) is 3. The average molecular weight is 316 g/mol. The molecular formula is C17H24N4O2. The van der Waals surface area contributed by atoms with Gasteiger partial charge in [0.2, 0.25) is 0 Å². The maximum atomic E-state index is 12.9. The molecule has 1 atom stereocenters. The highest BCUT2D eigenvalue weighted by Crippen LogP contribution is 2.29. The average Bonchev–Trinajstić information content (AvgIpc) is 3.06. The third kappa shape index (κ3) is 2.91. The van der Waals surface area contributed by atoms with Crippen LogP contribution in [-0.4, -0.2) is 45.1 Å². The number of aromatic amines is 1. The van der Waals surface area contributed by atoms with Gasteiger partial charge in [0.05, 0.1) is 30.7 Å². The van der Waals surface area contributed by atoms with Crippen LogP contribution in [0.2, 0.25) is 0 Å². The number of ether oxygens (including phenoxy) is 1. The number of carbonyl (C=O) groups excluding carboxylic acids is 1. The quantitative estimate of drug-likeness (QED) is 0.940. The van der Waals surface area contributed by atoms with Crippen LogP contribution in [0.3, 0.4) is 0 Å². The van der Waals surface area contributed by atoms with E-state index in [9.17, 15) is 4.79 Å². The molecule has 3 rings (SSSR count). The third-order valence-electron chi connectivity index (χ3n) is 4.42. The van der Waals surface area contributed by atoms with E-state index in [2.05, 4.69) is 9.97 Å². The van der Waals surface area contributed by atoms with E-state index >= 15 is 0 Å². The van der Waals surface area contributed by atoms with Crippen molar-refractivity contribution in [3.63, 3.8) is 0 Å². The summed E-state index contributed by atoms with van der Waals surface area (Å²) in [4.78, 5) is 22.5. The summed E-state index contributed by atoms with van der Waals surface area (Å²) in [5, 5.41) is 0. The molecule has 1 aliphatic heterocycles. The maximum absolute atomic E-state index is 12.9. The van der Waals surface area contributed by atoms with Crippen molar-refractivity contribution >= 4 is 5.91 Å². The van der Waals surface area contributed by atoms with E-state index in [4.69, 9.17) is 4.74 Å². The molecule has 1 aliphatic rings. The molecule has 124 valence electrons. The topological polar surface area (TPSA) is 63.1 Å². The molecule has 1 unspecified atom stereocenters. The number of H-pyrrole nitrogens is 1. The lowest BCUT2D eigenvalue weighted by molar-refractivity contribution is 0.0644. The van der Waals surface area contributed by atoms with Crippen molar-refractivity contribution in [2.75, 3.05) is 19.8 Å². The largest absolute Gasteiger partial charge is 0.381 e. The van der Waals surface area contributed by atoms with Gasteiger partial charge in [-0.25, -0.2) is 4.98 Å². The van der Waals surface area contributed by atoms with E-state index in [0.29, 0.717) is 26.3 Å². The van der Waals surface area contributed by atoms with Crippen molar-refractivity contribution in [1.82, 2.24) is 19.4 Å². The minimum absolute atomic E-state index is 0.0599. The number of aryl methyl sites for hydroxylation is 3. The SMILES string of the molecule is CCOCC1CN(C(=O)c2cc(C)[nH]c2C)Cc2ncn(C)c21. The highest BCUT2D eigenvalue weighted by molar-refractivity contribution is 5.95. The minimum Gasteiger partial charge on any atom is -0.381 e.